The standard InChI is InChI=1S/C25H22ClFN4O5S/c1-31-13-21(28-15-31)17-10-19(24(27)20(26)11-17)25(32)29-30-37(33,34)18-8-9-22(35-2)23(12-18)36-14-16-6-4-3-5-7-16/h3-13,15,30H,14H2,1-2H3,(H,29,32). The summed E-state index contributed by atoms with van der Waals surface area (Å²) in [4.78, 5) is 18.6. The van der Waals surface area contributed by atoms with E-state index in [0.717, 1.165) is 5.56 Å². The number of hydrogen-bond donors (Lipinski definition) is 2. The zero-order valence-electron chi connectivity index (χ0n) is 19.7. The Morgan fingerprint density at radius 3 is 2.54 bits per heavy atom. The highest BCUT2D eigenvalue weighted by Gasteiger charge is 2.22. The first kappa shape index (κ1) is 26.1. The van der Waals surface area contributed by atoms with Crippen molar-refractivity contribution in [1.82, 2.24) is 19.8 Å². The third-order valence-electron chi connectivity index (χ3n) is 5.25. The van der Waals surface area contributed by atoms with Crippen LogP contribution in [0, 0.1) is 5.82 Å². The van der Waals surface area contributed by atoms with Crippen LogP contribution >= 0.6 is 11.6 Å². The van der Waals surface area contributed by atoms with Gasteiger partial charge in [-0.25, -0.2) is 17.8 Å². The fourth-order valence-corrected chi connectivity index (χ4v) is 4.45. The summed E-state index contributed by atoms with van der Waals surface area (Å²) in [7, 11) is -1.09. The van der Waals surface area contributed by atoms with Gasteiger partial charge in [-0.15, -0.1) is 4.83 Å². The maximum absolute atomic E-state index is 14.6. The highest BCUT2D eigenvalue weighted by Crippen LogP contribution is 2.31. The number of carbonyl (C=O) groups is 1. The van der Waals surface area contributed by atoms with E-state index < -0.39 is 27.3 Å². The van der Waals surface area contributed by atoms with Crippen molar-refractivity contribution in [2.24, 2.45) is 7.05 Å². The van der Waals surface area contributed by atoms with Crippen LogP contribution in [0.3, 0.4) is 0 Å². The lowest BCUT2D eigenvalue weighted by Gasteiger charge is -2.14. The normalized spacial score (nSPS) is 11.2. The maximum Gasteiger partial charge on any atom is 0.269 e. The summed E-state index contributed by atoms with van der Waals surface area (Å²) in [6, 6.07) is 15.8. The van der Waals surface area contributed by atoms with Gasteiger partial charge in [-0.2, -0.15) is 0 Å². The molecule has 0 unspecified atom stereocenters. The molecule has 0 bridgehead atoms. The van der Waals surface area contributed by atoms with Crippen LogP contribution in [0.2, 0.25) is 5.02 Å². The zero-order valence-corrected chi connectivity index (χ0v) is 21.3. The lowest BCUT2D eigenvalue weighted by Crippen LogP contribution is -2.41. The average Bonchev–Trinajstić information content (AvgIpc) is 3.34. The number of rotatable bonds is 9. The molecular weight excluding hydrogens is 523 g/mol. The van der Waals surface area contributed by atoms with Crippen molar-refractivity contribution in [2.45, 2.75) is 11.5 Å². The monoisotopic (exact) mass is 544 g/mol. The van der Waals surface area contributed by atoms with E-state index in [4.69, 9.17) is 21.1 Å². The number of benzene rings is 3. The number of carbonyl (C=O) groups excluding carboxylic acids is 1. The van der Waals surface area contributed by atoms with E-state index in [1.165, 1.54) is 43.8 Å². The Morgan fingerprint density at radius 2 is 1.86 bits per heavy atom. The van der Waals surface area contributed by atoms with Crippen molar-refractivity contribution < 1.29 is 27.1 Å². The topological polar surface area (TPSA) is 112 Å². The van der Waals surface area contributed by atoms with Gasteiger partial charge in [0.2, 0.25) is 0 Å². The van der Waals surface area contributed by atoms with E-state index in [1.807, 2.05) is 40.6 Å². The van der Waals surface area contributed by atoms with Crippen LogP contribution in [-0.2, 0) is 23.7 Å². The summed E-state index contributed by atoms with van der Waals surface area (Å²) in [6.45, 7) is 0.178. The van der Waals surface area contributed by atoms with Gasteiger partial charge in [0.15, 0.2) is 17.3 Å². The number of hydrogen-bond acceptors (Lipinski definition) is 6. The smallest absolute Gasteiger partial charge is 0.269 e. The van der Waals surface area contributed by atoms with Crippen LogP contribution in [0.25, 0.3) is 11.3 Å². The predicted molar refractivity (Wildman–Crippen MR) is 135 cm³/mol. The highest BCUT2D eigenvalue weighted by atomic mass is 35.5. The van der Waals surface area contributed by atoms with E-state index in [9.17, 15) is 17.6 Å². The Balaban J connectivity index is 1.52. The first-order valence-electron chi connectivity index (χ1n) is 10.8. The number of sulfonamides is 1. The Labute approximate surface area is 217 Å². The van der Waals surface area contributed by atoms with E-state index in [2.05, 4.69) is 4.98 Å². The molecule has 0 saturated heterocycles. The first-order chi connectivity index (χ1) is 17.7. The molecule has 2 N–H and O–H groups in total. The predicted octanol–water partition coefficient (Wildman–Crippen LogP) is 4.09. The number of methoxy groups -OCH3 is 1. The fraction of sp³-hybridized carbons (Fsp3) is 0.120. The Kier molecular flexibility index (Phi) is 7.77. The fourth-order valence-electron chi connectivity index (χ4n) is 3.38. The van der Waals surface area contributed by atoms with E-state index in [0.29, 0.717) is 17.0 Å². The van der Waals surface area contributed by atoms with E-state index >= 15 is 0 Å². The van der Waals surface area contributed by atoms with Gasteiger partial charge in [0.05, 0.1) is 34.6 Å². The number of halogens is 2. The summed E-state index contributed by atoms with van der Waals surface area (Å²) in [6.07, 6.45) is 3.20. The number of ether oxygens (including phenoxy) is 2. The van der Waals surface area contributed by atoms with Gasteiger partial charge in [-0.1, -0.05) is 41.9 Å². The lowest BCUT2D eigenvalue weighted by atomic mass is 10.1. The van der Waals surface area contributed by atoms with Gasteiger partial charge < -0.3 is 14.0 Å². The van der Waals surface area contributed by atoms with Gasteiger partial charge in [-0.05, 0) is 29.8 Å². The van der Waals surface area contributed by atoms with Crippen LogP contribution in [-0.4, -0.2) is 31.0 Å². The Bertz CT molecular complexity index is 1540. The van der Waals surface area contributed by atoms with Crippen LogP contribution in [0.4, 0.5) is 4.39 Å². The molecular formula is C25H22ClFN4O5S. The molecule has 0 atom stereocenters. The molecule has 37 heavy (non-hydrogen) atoms. The summed E-state index contributed by atoms with van der Waals surface area (Å²) in [5.74, 6) is -1.54. The molecule has 0 radical (unpaired) electrons. The maximum atomic E-state index is 14.6. The third kappa shape index (κ3) is 6.08. The summed E-state index contributed by atoms with van der Waals surface area (Å²) in [5.41, 5.74) is 3.28. The average molecular weight is 545 g/mol. The molecule has 0 saturated carbocycles. The van der Waals surface area contributed by atoms with Crippen LogP contribution in [0.1, 0.15) is 15.9 Å². The Hall–Kier alpha value is -3.93. The van der Waals surface area contributed by atoms with Gasteiger partial charge in [0, 0.05) is 24.9 Å². The molecule has 4 aromatic rings. The number of amides is 1. The van der Waals surface area contributed by atoms with E-state index in [1.54, 1.807) is 17.8 Å². The zero-order chi connectivity index (χ0) is 26.6. The van der Waals surface area contributed by atoms with Crippen molar-refractivity contribution in [3.63, 3.8) is 0 Å². The molecule has 0 fully saturated rings. The van der Waals surface area contributed by atoms with Crippen molar-refractivity contribution in [3.8, 4) is 22.8 Å². The Morgan fingerprint density at radius 1 is 1.11 bits per heavy atom. The first-order valence-corrected chi connectivity index (χ1v) is 12.7. The molecule has 1 aromatic heterocycles. The summed E-state index contributed by atoms with van der Waals surface area (Å²) in [5, 5.41) is -0.313. The minimum absolute atomic E-state index is 0.178. The number of nitrogens with one attached hydrogen (secondary N) is 2. The molecule has 1 heterocycles. The molecule has 0 aliphatic carbocycles. The molecule has 0 spiro atoms. The molecule has 4 rings (SSSR count). The second-order valence-corrected chi connectivity index (χ2v) is 9.98. The SMILES string of the molecule is COc1ccc(S(=O)(=O)NNC(=O)c2cc(-c3cn(C)cn3)cc(Cl)c2F)cc1OCc1ccccc1. The summed E-state index contributed by atoms with van der Waals surface area (Å²) >= 11 is 5.97. The summed E-state index contributed by atoms with van der Waals surface area (Å²) < 4.78 is 53.1. The van der Waals surface area contributed by atoms with Crippen LogP contribution < -0.4 is 19.7 Å². The molecule has 12 heteroatoms. The van der Waals surface area contributed by atoms with Gasteiger partial charge in [-0.3, -0.25) is 10.2 Å². The molecule has 0 aliphatic rings. The van der Waals surface area contributed by atoms with Crippen molar-refractivity contribution >= 4 is 27.5 Å². The minimum Gasteiger partial charge on any atom is -0.493 e. The number of aromatic nitrogens is 2. The van der Waals surface area contributed by atoms with Crippen LogP contribution in [0.5, 0.6) is 11.5 Å². The molecule has 0 aliphatic heterocycles. The second kappa shape index (κ2) is 11.0. The van der Waals surface area contributed by atoms with Gasteiger partial charge >= 0.3 is 0 Å². The van der Waals surface area contributed by atoms with Crippen LogP contribution in [0.15, 0.2) is 78.1 Å². The van der Waals surface area contributed by atoms with Crippen molar-refractivity contribution in [2.75, 3.05) is 7.11 Å². The molecule has 1 amide bonds. The molecule has 3 aromatic carbocycles. The number of hydrazine groups is 1. The van der Waals surface area contributed by atoms with E-state index in [-0.39, 0.29) is 22.3 Å². The van der Waals surface area contributed by atoms with Crippen molar-refractivity contribution in [3.05, 3.63) is 95.2 Å². The quantitative estimate of drug-likeness (QED) is 0.307. The minimum atomic E-state index is -4.26. The largest absolute Gasteiger partial charge is 0.493 e. The number of aryl methyl sites for hydroxylation is 1. The highest BCUT2D eigenvalue weighted by molar-refractivity contribution is 7.89. The van der Waals surface area contributed by atoms with Gasteiger partial charge in [0.25, 0.3) is 15.9 Å². The lowest BCUT2D eigenvalue weighted by molar-refractivity contribution is 0.0941. The molecule has 9 nitrogen and oxygen atoms in total. The number of imidazole rings is 1. The van der Waals surface area contributed by atoms with Gasteiger partial charge in [0.1, 0.15) is 6.61 Å². The number of nitrogens with zero attached hydrogens (tertiary/aromatic N) is 2. The molecule has 192 valence electrons. The second-order valence-electron chi connectivity index (χ2n) is 7.89. The van der Waals surface area contributed by atoms with Crippen molar-refractivity contribution in [1.29, 1.82) is 0 Å². The third-order valence-corrected chi connectivity index (χ3v) is 6.78.